The van der Waals surface area contributed by atoms with Crippen molar-refractivity contribution in [2.75, 3.05) is 13.7 Å². The summed E-state index contributed by atoms with van der Waals surface area (Å²) >= 11 is 12.0. The molecule has 0 bridgehead atoms. The van der Waals surface area contributed by atoms with Gasteiger partial charge in [-0.25, -0.2) is 0 Å². The van der Waals surface area contributed by atoms with E-state index in [9.17, 15) is 0 Å². The fraction of sp³-hybridized carbons (Fsp3) is 0.500. The van der Waals surface area contributed by atoms with Gasteiger partial charge in [0, 0.05) is 22.7 Å². The zero-order valence-corrected chi connectivity index (χ0v) is 11.1. The highest BCUT2D eigenvalue weighted by Gasteiger charge is 2.24. The molecule has 0 aliphatic rings. The SMILES string of the molecule is CCC(N)(COC)Cc1ccc(Cl)cc1Cl. The number of nitrogens with two attached hydrogens (primary N) is 1. The second-order valence-electron chi connectivity index (χ2n) is 4.06. The zero-order valence-electron chi connectivity index (χ0n) is 9.59. The lowest BCUT2D eigenvalue weighted by Gasteiger charge is -2.27. The van der Waals surface area contributed by atoms with Gasteiger partial charge in [-0.2, -0.15) is 0 Å². The maximum Gasteiger partial charge on any atom is 0.0645 e. The molecule has 0 fully saturated rings. The van der Waals surface area contributed by atoms with Crippen molar-refractivity contribution in [2.24, 2.45) is 5.73 Å². The Balaban J connectivity index is 2.85. The molecule has 90 valence electrons. The molecule has 1 aromatic rings. The normalized spacial score (nSPS) is 14.8. The minimum atomic E-state index is -0.369. The van der Waals surface area contributed by atoms with Gasteiger partial charge in [-0.3, -0.25) is 0 Å². The number of halogens is 2. The predicted molar refractivity (Wildman–Crippen MR) is 69.3 cm³/mol. The van der Waals surface area contributed by atoms with Gasteiger partial charge in [0.1, 0.15) is 0 Å². The molecule has 0 aromatic heterocycles. The maximum absolute atomic E-state index is 6.23. The first kappa shape index (κ1) is 13.8. The number of hydrogen-bond acceptors (Lipinski definition) is 2. The molecular formula is C12H17Cl2NO. The summed E-state index contributed by atoms with van der Waals surface area (Å²) in [6.45, 7) is 2.56. The first-order chi connectivity index (χ1) is 7.50. The summed E-state index contributed by atoms with van der Waals surface area (Å²) in [5, 5.41) is 1.30. The Hall–Kier alpha value is -0.280. The quantitative estimate of drug-likeness (QED) is 0.883. The smallest absolute Gasteiger partial charge is 0.0645 e. The Kier molecular flexibility index (Phi) is 5.06. The van der Waals surface area contributed by atoms with Crippen LogP contribution in [0.4, 0.5) is 0 Å². The number of ether oxygens (including phenoxy) is 1. The fourth-order valence-electron chi connectivity index (χ4n) is 1.61. The molecule has 1 rings (SSSR count). The molecule has 1 unspecified atom stereocenters. The third kappa shape index (κ3) is 3.63. The van der Waals surface area contributed by atoms with Gasteiger partial charge in [-0.15, -0.1) is 0 Å². The molecule has 1 atom stereocenters. The molecule has 1 aromatic carbocycles. The number of rotatable bonds is 5. The van der Waals surface area contributed by atoms with Gasteiger partial charge in [0.05, 0.1) is 6.61 Å². The van der Waals surface area contributed by atoms with Crippen LogP contribution in [0, 0.1) is 0 Å². The van der Waals surface area contributed by atoms with Crippen LogP contribution >= 0.6 is 23.2 Å². The first-order valence-electron chi connectivity index (χ1n) is 5.22. The van der Waals surface area contributed by atoms with Crippen LogP contribution in [0.25, 0.3) is 0 Å². The summed E-state index contributed by atoms with van der Waals surface area (Å²) in [6.07, 6.45) is 1.52. The lowest BCUT2D eigenvalue weighted by Crippen LogP contribution is -2.45. The van der Waals surface area contributed by atoms with Crippen LogP contribution in [-0.4, -0.2) is 19.3 Å². The van der Waals surface area contributed by atoms with Crippen molar-refractivity contribution >= 4 is 23.2 Å². The van der Waals surface area contributed by atoms with Crippen molar-refractivity contribution in [3.8, 4) is 0 Å². The Morgan fingerprint density at radius 3 is 2.56 bits per heavy atom. The van der Waals surface area contributed by atoms with Crippen LogP contribution in [0.15, 0.2) is 18.2 Å². The average molecular weight is 262 g/mol. The molecule has 0 heterocycles. The summed E-state index contributed by atoms with van der Waals surface area (Å²) in [5.41, 5.74) is 6.87. The lowest BCUT2D eigenvalue weighted by atomic mass is 9.90. The minimum Gasteiger partial charge on any atom is -0.383 e. The number of hydrogen-bond donors (Lipinski definition) is 1. The second kappa shape index (κ2) is 5.87. The van der Waals surface area contributed by atoms with Crippen LogP contribution < -0.4 is 5.73 Å². The molecule has 0 spiro atoms. The van der Waals surface area contributed by atoms with Crippen LogP contribution in [0.3, 0.4) is 0 Å². The molecule has 4 heteroatoms. The van der Waals surface area contributed by atoms with E-state index in [0.29, 0.717) is 23.1 Å². The molecule has 16 heavy (non-hydrogen) atoms. The summed E-state index contributed by atoms with van der Waals surface area (Å²) in [5.74, 6) is 0. The van der Waals surface area contributed by atoms with Gasteiger partial charge in [0.15, 0.2) is 0 Å². The van der Waals surface area contributed by atoms with Crippen molar-refractivity contribution in [1.82, 2.24) is 0 Å². The third-order valence-electron chi connectivity index (χ3n) is 2.69. The van der Waals surface area contributed by atoms with Gasteiger partial charge < -0.3 is 10.5 Å². The minimum absolute atomic E-state index is 0.369. The van der Waals surface area contributed by atoms with E-state index in [0.717, 1.165) is 12.0 Å². The van der Waals surface area contributed by atoms with E-state index in [-0.39, 0.29) is 5.54 Å². The largest absolute Gasteiger partial charge is 0.383 e. The maximum atomic E-state index is 6.23. The molecule has 0 aliphatic heterocycles. The Morgan fingerprint density at radius 1 is 1.38 bits per heavy atom. The molecule has 0 amide bonds. The number of methoxy groups -OCH3 is 1. The van der Waals surface area contributed by atoms with Crippen molar-refractivity contribution in [2.45, 2.75) is 25.3 Å². The topological polar surface area (TPSA) is 35.2 Å². The van der Waals surface area contributed by atoms with E-state index >= 15 is 0 Å². The van der Waals surface area contributed by atoms with Crippen molar-refractivity contribution in [3.05, 3.63) is 33.8 Å². The van der Waals surface area contributed by atoms with E-state index in [4.69, 9.17) is 33.7 Å². The molecular weight excluding hydrogens is 245 g/mol. The van der Waals surface area contributed by atoms with E-state index < -0.39 is 0 Å². The second-order valence-corrected chi connectivity index (χ2v) is 4.91. The van der Waals surface area contributed by atoms with Gasteiger partial charge in [-0.1, -0.05) is 36.2 Å². The molecule has 0 radical (unpaired) electrons. The third-order valence-corrected chi connectivity index (χ3v) is 3.28. The first-order valence-corrected chi connectivity index (χ1v) is 5.98. The van der Waals surface area contributed by atoms with Gasteiger partial charge in [-0.05, 0) is 30.5 Å². The predicted octanol–water partition coefficient (Wildman–Crippen LogP) is 3.29. The summed E-state index contributed by atoms with van der Waals surface area (Å²) in [7, 11) is 1.65. The number of benzene rings is 1. The summed E-state index contributed by atoms with van der Waals surface area (Å²) < 4.78 is 5.14. The molecule has 0 aliphatic carbocycles. The molecule has 0 saturated carbocycles. The van der Waals surface area contributed by atoms with E-state index in [1.54, 1.807) is 13.2 Å². The Labute approximate surface area is 107 Å². The highest BCUT2D eigenvalue weighted by molar-refractivity contribution is 6.35. The van der Waals surface area contributed by atoms with E-state index in [1.165, 1.54) is 0 Å². The van der Waals surface area contributed by atoms with Gasteiger partial charge in [0.25, 0.3) is 0 Å². The summed E-state index contributed by atoms with van der Waals surface area (Å²) in [4.78, 5) is 0. The van der Waals surface area contributed by atoms with Crippen LogP contribution in [0.2, 0.25) is 10.0 Å². The standard InChI is InChI=1S/C12H17Cl2NO/c1-3-12(15,8-16-2)7-9-4-5-10(13)6-11(9)14/h4-6H,3,7-8,15H2,1-2H3. The molecule has 2 nitrogen and oxygen atoms in total. The van der Waals surface area contributed by atoms with Crippen LogP contribution in [0.5, 0.6) is 0 Å². The highest BCUT2D eigenvalue weighted by Crippen LogP contribution is 2.25. The van der Waals surface area contributed by atoms with E-state index in [1.807, 2.05) is 19.1 Å². The summed E-state index contributed by atoms with van der Waals surface area (Å²) in [6, 6.07) is 5.48. The van der Waals surface area contributed by atoms with Gasteiger partial charge in [0.2, 0.25) is 0 Å². The average Bonchev–Trinajstić information content (AvgIpc) is 2.23. The van der Waals surface area contributed by atoms with Crippen LogP contribution in [-0.2, 0) is 11.2 Å². The lowest BCUT2D eigenvalue weighted by molar-refractivity contribution is 0.129. The zero-order chi connectivity index (χ0) is 12.2. The van der Waals surface area contributed by atoms with Gasteiger partial charge >= 0.3 is 0 Å². The van der Waals surface area contributed by atoms with Crippen molar-refractivity contribution in [1.29, 1.82) is 0 Å². The van der Waals surface area contributed by atoms with Crippen molar-refractivity contribution in [3.63, 3.8) is 0 Å². The van der Waals surface area contributed by atoms with E-state index in [2.05, 4.69) is 0 Å². The highest BCUT2D eigenvalue weighted by atomic mass is 35.5. The fourth-order valence-corrected chi connectivity index (χ4v) is 2.09. The molecule has 2 N–H and O–H groups in total. The Morgan fingerprint density at radius 2 is 2.06 bits per heavy atom. The Bertz CT molecular complexity index is 357. The molecule has 0 saturated heterocycles. The van der Waals surface area contributed by atoms with Crippen LogP contribution in [0.1, 0.15) is 18.9 Å². The monoisotopic (exact) mass is 261 g/mol. The van der Waals surface area contributed by atoms with Crippen molar-refractivity contribution < 1.29 is 4.74 Å².